The first-order valence-corrected chi connectivity index (χ1v) is 11.7. The Labute approximate surface area is 217 Å². The Kier molecular flexibility index (Phi) is 11.0. The predicted molar refractivity (Wildman–Crippen MR) is 138 cm³/mol. The van der Waals surface area contributed by atoms with E-state index in [2.05, 4.69) is 25.9 Å². The molecule has 206 valence electrons. The van der Waals surface area contributed by atoms with Crippen LogP contribution in [0.5, 0.6) is 0 Å². The summed E-state index contributed by atoms with van der Waals surface area (Å²) in [5.74, 6) is -4.61. The van der Waals surface area contributed by atoms with Gasteiger partial charge in [0.2, 0.25) is 23.6 Å². The second kappa shape index (κ2) is 14.2. The average Bonchev–Trinajstić information content (AvgIpc) is 3.26. The number of aliphatic imine (C=N–C) groups is 1. The van der Waals surface area contributed by atoms with Crippen LogP contribution in [0, 0.1) is 0 Å². The summed E-state index contributed by atoms with van der Waals surface area (Å²) in [6.45, 7) is -0.191. The molecule has 2 rings (SSSR count). The SMILES string of the molecule is NC(=O)CC(NC(=O)C(Cc1c[nH]c2ccccc12)NC(=O)CNC(=O)C(N)CCCN=C(N)N)C(=O)O. The summed E-state index contributed by atoms with van der Waals surface area (Å²) in [5.41, 5.74) is 22.8. The molecular weight excluding hydrogens is 498 g/mol. The van der Waals surface area contributed by atoms with Crippen molar-refractivity contribution >= 4 is 46.5 Å². The molecule has 1 aromatic carbocycles. The highest BCUT2D eigenvalue weighted by atomic mass is 16.4. The largest absolute Gasteiger partial charge is 0.480 e. The molecular formula is C23H33N9O6. The number of rotatable bonds is 15. The third-order valence-corrected chi connectivity index (χ3v) is 5.50. The van der Waals surface area contributed by atoms with Gasteiger partial charge in [0.25, 0.3) is 0 Å². The normalized spacial score (nSPS) is 13.1. The number of aromatic amines is 1. The van der Waals surface area contributed by atoms with E-state index in [1.54, 1.807) is 12.3 Å². The molecule has 0 aliphatic rings. The van der Waals surface area contributed by atoms with E-state index >= 15 is 0 Å². The number of carboxylic acid groups (broad SMARTS) is 1. The van der Waals surface area contributed by atoms with E-state index in [1.807, 2.05) is 18.2 Å². The Morgan fingerprint density at radius 2 is 1.71 bits per heavy atom. The van der Waals surface area contributed by atoms with Crippen LogP contribution in [-0.2, 0) is 30.4 Å². The van der Waals surface area contributed by atoms with Gasteiger partial charge in [0, 0.05) is 30.1 Å². The van der Waals surface area contributed by atoms with Gasteiger partial charge in [-0.05, 0) is 24.5 Å². The highest BCUT2D eigenvalue weighted by molar-refractivity contribution is 5.94. The maximum absolute atomic E-state index is 13.0. The minimum absolute atomic E-state index is 0.0112. The number of para-hydroxylation sites is 1. The molecule has 15 heteroatoms. The Balaban J connectivity index is 2.07. The Morgan fingerprint density at radius 3 is 2.37 bits per heavy atom. The molecule has 0 bridgehead atoms. The molecule has 1 aromatic heterocycles. The standard InChI is InChI=1S/C23H33N9O6/c24-14(5-3-7-28-23(26)27)20(35)30-11-19(34)31-16(21(36)32-17(22(37)38)9-18(25)33)8-12-10-29-15-6-2-1-4-13(12)15/h1-2,4,6,10,14,16-17,29H,3,5,7-9,11,24H2,(H2,25,33)(H,30,35)(H,31,34)(H,32,36)(H,37,38)(H4,26,27,28). The summed E-state index contributed by atoms with van der Waals surface area (Å²) in [7, 11) is 0. The second-order valence-corrected chi connectivity index (χ2v) is 8.53. The lowest BCUT2D eigenvalue weighted by molar-refractivity contribution is -0.143. The molecule has 0 aliphatic heterocycles. The lowest BCUT2D eigenvalue weighted by Crippen LogP contribution is -2.55. The number of nitrogens with one attached hydrogen (secondary N) is 4. The van der Waals surface area contributed by atoms with E-state index in [-0.39, 0.29) is 18.8 Å². The number of hydrogen-bond acceptors (Lipinski definition) is 7. The predicted octanol–water partition coefficient (Wildman–Crippen LogP) is -2.86. The van der Waals surface area contributed by atoms with Crippen molar-refractivity contribution in [3.8, 4) is 0 Å². The molecule has 4 amide bonds. The lowest BCUT2D eigenvalue weighted by Gasteiger charge is -2.21. The van der Waals surface area contributed by atoms with Gasteiger partial charge in [-0.1, -0.05) is 18.2 Å². The zero-order valence-corrected chi connectivity index (χ0v) is 20.6. The minimum Gasteiger partial charge on any atom is -0.480 e. The number of nitrogens with zero attached hydrogens (tertiary/aromatic N) is 1. The molecule has 2 aromatic rings. The Bertz CT molecular complexity index is 1190. The van der Waals surface area contributed by atoms with E-state index in [9.17, 15) is 29.1 Å². The zero-order chi connectivity index (χ0) is 28.2. The van der Waals surface area contributed by atoms with E-state index in [0.717, 1.165) is 10.9 Å². The number of guanidine groups is 1. The Morgan fingerprint density at radius 1 is 1.00 bits per heavy atom. The van der Waals surface area contributed by atoms with Crippen LogP contribution in [-0.4, -0.2) is 76.9 Å². The van der Waals surface area contributed by atoms with Crippen molar-refractivity contribution in [2.45, 2.75) is 43.8 Å². The molecule has 13 N–H and O–H groups in total. The Hall–Kier alpha value is -4.66. The fourth-order valence-corrected chi connectivity index (χ4v) is 3.60. The molecule has 0 fully saturated rings. The third-order valence-electron chi connectivity index (χ3n) is 5.50. The molecule has 15 nitrogen and oxygen atoms in total. The smallest absolute Gasteiger partial charge is 0.326 e. The maximum Gasteiger partial charge on any atom is 0.326 e. The van der Waals surface area contributed by atoms with Crippen LogP contribution in [0.2, 0.25) is 0 Å². The number of carbonyl (C=O) groups excluding carboxylic acids is 4. The molecule has 0 saturated carbocycles. The number of aromatic nitrogens is 1. The zero-order valence-electron chi connectivity index (χ0n) is 20.6. The molecule has 0 aliphatic carbocycles. The van der Waals surface area contributed by atoms with Crippen LogP contribution in [0.3, 0.4) is 0 Å². The summed E-state index contributed by atoms with van der Waals surface area (Å²) in [6.07, 6.45) is 1.74. The third kappa shape index (κ3) is 9.42. The van der Waals surface area contributed by atoms with Crippen LogP contribution in [0.4, 0.5) is 0 Å². The first-order valence-electron chi connectivity index (χ1n) is 11.7. The van der Waals surface area contributed by atoms with Crippen molar-refractivity contribution in [3.63, 3.8) is 0 Å². The highest BCUT2D eigenvalue weighted by Crippen LogP contribution is 2.19. The van der Waals surface area contributed by atoms with Crippen molar-refractivity contribution in [2.24, 2.45) is 27.9 Å². The highest BCUT2D eigenvalue weighted by Gasteiger charge is 2.28. The number of fused-ring (bicyclic) bond motifs is 1. The lowest BCUT2D eigenvalue weighted by atomic mass is 10.0. The number of nitrogens with two attached hydrogens (primary N) is 4. The number of benzene rings is 1. The van der Waals surface area contributed by atoms with E-state index in [4.69, 9.17) is 22.9 Å². The number of hydrogen-bond donors (Lipinski definition) is 9. The average molecular weight is 532 g/mol. The van der Waals surface area contributed by atoms with Crippen LogP contribution < -0.4 is 38.9 Å². The van der Waals surface area contributed by atoms with E-state index in [1.165, 1.54) is 0 Å². The van der Waals surface area contributed by atoms with Gasteiger partial charge in [-0.2, -0.15) is 0 Å². The van der Waals surface area contributed by atoms with Crippen molar-refractivity contribution in [1.29, 1.82) is 0 Å². The van der Waals surface area contributed by atoms with E-state index < -0.39 is 60.7 Å². The van der Waals surface area contributed by atoms with Crippen LogP contribution >= 0.6 is 0 Å². The second-order valence-electron chi connectivity index (χ2n) is 8.53. The topological polar surface area (TPSA) is 274 Å². The van der Waals surface area contributed by atoms with Gasteiger partial charge in [0.05, 0.1) is 19.0 Å². The van der Waals surface area contributed by atoms with Gasteiger partial charge in [0.1, 0.15) is 12.1 Å². The number of primary amides is 1. The molecule has 0 radical (unpaired) electrons. The molecule has 0 spiro atoms. The van der Waals surface area contributed by atoms with Crippen LogP contribution in [0.25, 0.3) is 10.9 Å². The van der Waals surface area contributed by atoms with Crippen molar-refractivity contribution in [3.05, 3.63) is 36.0 Å². The summed E-state index contributed by atoms with van der Waals surface area (Å²) >= 11 is 0. The van der Waals surface area contributed by atoms with Crippen molar-refractivity contribution in [2.75, 3.05) is 13.1 Å². The summed E-state index contributed by atoms with van der Waals surface area (Å²) < 4.78 is 0. The van der Waals surface area contributed by atoms with Gasteiger partial charge in [0.15, 0.2) is 5.96 Å². The van der Waals surface area contributed by atoms with Gasteiger partial charge < -0.3 is 49.0 Å². The number of aliphatic carboxylic acids is 1. The first kappa shape index (κ1) is 29.6. The van der Waals surface area contributed by atoms with Crippen molar-refractivity contribution in [1.82, 2.24) is 20.9 Å². The van der Waals surface area contributed by atoms with Gasteiger partial charge in [-0.3, -0.25) is 24.2 Å². The summed E-state index contributed by atoms with van der Waals surface area (Å²) in [4.78, 5) is 67.4. The summed E-state index contributed by atoms with van der Waals surface area (Å²) in [5, 5.41) is 17.3. The van der Waals surface area contributed by atoms with Crippen LogP contribution in [0.15, 0.2) is 35.5 Å². The molecule has 1 heterocycles. The molecule has 3 atom stereocenters. The van der Waals surface area contributed by atoms with Crippen molar-refractivity contribution < 1.29 is 29.1 Å². The van der Waals surface area contributed by atoms with E-state index in [0.29, 0.717) is 18.5 Å². The minimum atomic E-state index is -1.58. The molecule has 38 heavy (non-hydrogen) atoms. The molecule has 3 unspecified atom stereocenters. The number of amides is 4. The number of carbonyl (C=O) groups is 5. The number of H-pyrrole nitrogens is 1. The first-order chi connectivity index (χ1) is 18.0. The van der Waals surface area contributed by atoms with Crippen LogP contribution in [0.1, 0.15) is 24.8 Å². The van der Waals surface area contributed by atoms with Gasteiger partial charge >= 0.3 is 5.97 Å². The molecule has 0 saturated heterocycles. The number of carboxylic acids is 1. The monoisotopic (exact) mass is 531 g/mol. The fraction of sp³-hybridized carbons (Fsp3) is 0.391. The maximum atomic E-state index is 13.0. The summed E-state index contributed by atoms with van der Waals surface area (Å²) in [6, 6.07) is 3.55. The van der Waals surface area contributed by atoms with Gasteiger partial charge in [-0.25, -0.2) is 4.79 Å². The fourth-order valence-electron chi connectivity index (χ4n) is 3.60. The quantitative estimate of drug-likeness (QED) is 0.0648. The van der Waals surface area contributed by atoms with Gasteiger partial charge in [-0.15, -0.1) is 0 Å².